The van der Waals surface area contributed by atoms with Crippen molar-refractivity contribution in [2.75, 3.05) is 32.6 Å². The molecule has 1 unspecified atom stereocenters. The zero-order chi connectivity index (χ0) is 19.1. The van der Waals surface area contributed by atoms with Crippen LogP contribution in [0.5, 0.6) is 11.5 Å². The van der Waals surface area contributed by atoms with E-state index in [0.29, 0.717) is 24.7 Å². The van der Waals surface area contributed by atoms with Gasteiger partial charge in [-0.05, 0) is 37.3 Å². The molecule has 0 radical (unpaired) electrons. The van der Waals surface area contributed by atoms with Crippen molar-refractivity contribution in [3.63, 3.8) is 0 Å². The van der Waals surface area contributed by atoms with Crippen molar-refractivity contribution in [2.45, 2.75) is 13.5 Å². The quantitative estimate of drug-likeness (QED) is 0.753. The van der Waals surface area contributed by atoms with E-state index < -0.39 is 11.6 Å². The molecule has 0 spiro atoms. The van der Waals surface area contributed by atoms with Gasteiger partial charge in [0, 0.05) is 11.6 Å². The molecule has 0 saturated heterocycles. The summed E-state index contributed by atoms with van der Waals surface area (Å²) in [7, 11) is 3.42. The highest BCUT2D eigenvalue weighted by atomic mass is 19.1. The molecule has 0 aliphatic rings. The van der Waals surface area contributed by atoms with Gasteiger partial charge < -0.3 is 19.7 Å². The van der Waals surface area contributed by atoms with Crippen molar-refractivity contribution in [1.29, 1.82) is 0 Å². The highest BCUT2D eigenvalue weighted by molar-refractivity contribution is 5.91. The smallest absolute Gasteiger partial charge is 0.279 e. The van der Waals surface area contributed by atoms with E-state index in [1.54, 1.807) is 7.11 Å². The van der Waals surface area contributed by atoms with E-state index in [4.69, 9.17) is 9.47 Å². The number of halogens is 2. The molecule has 1 atom stereocenters. The number of hydrogen-bond acceptors (Lipinski definition) is 3. The van der Waals surface area contributed by atoms with Crippen LogP contribution in [0, 0.1) is 11.6 Å². The zero-order valence-corrected chi connectivity index (χ0v) is 15.1. The Kier molecular flexibility index (Phi) is 6.91. The molecule has 2 N–H and O–H groups in total. The number of quaternary nitrogens is 1. The number of carbonyl (C=O) groups is 1. The highest BCUT2D eigenvalue weighted by Crippen LogP contribution is 2.27. The Morgan fingerprint density at radius 1 is 1.15 bits per heavy atom. The second kappa shape index (κ2) is 9.15. The van der Waals surface area contributed by atoms with Gasteiger partial charge in [-0.25, -0.2) is 8.78 Å². The largest absolute Gasteiger partial charge is 0.493 e. The third kappa shape index (κ3) is 5.42. The summed E-state index contributed by atoms with van der Waals surface area (Å²) in [5, 5.41) is 2.46. The van der Waals surface area contributed by atoms with Crippen LogP contribution in [0.3, 0.4) is 0 Å². The van der Waals surface area contributed by atoms with Crippen LogP contribution < -0.4 is 19.7 Å². The van der Waals surface area contributed by atoms with Crippen molar-refractivity contribution >= 4 is 11.6 Å². The summed E-state index contributed by atoms with van der Waals surface area (Å²) in [4.78, 5) is 13.0. The molecule has 0 heterocycles. The molecular weight excluding hydrogens is 342 g/mol. The molecule has 1 amide bonds. The van der Waals surface area contributed by atoms with Crippen LogP contribution in [-0.2, 0) is 11.3 Å². The number of benzene rings is 2. The lowest BCUT2D eigenvalue weighted by atomic mass is 10.2. The van der Waals surface area contributed by atoms with E-state index in [-0.39, 0.29) is 18.1 Å². The van der Waals surface area contributed by atoms with Crippen molar-refractivity contribution in [3.05, 3.63) is 53.6 Å². The molecule has 0 fully saturated rings. The van der Waals surface area contributed by atoms with Crippen LogP contribution >= 0.6 is 0 Å². The molecule has 0 aliphatic heterocycles. The van der Waals surface area contributed by atoms with Gasteiger partial charge >= 0.3 is 0 Å². The number of carbonyl (C=O) groups excluding carboxylic acids is 1. The Balaban J connectivity index is 1.95. The Morgan fingerprint density at radius 2 is 1.92 bits per heavy atom. The Hall–Kier alpha value is -2.67. The van der Waals surface area contributed by atoms with Crippen LogP contribution in [0.2, 0.25) is 0 Å². The molecule has 140 valence electrons. The first kappa shape index (κ1) is 19.7. The van der Waals surface area contributed by atoms with Crippen molar-refractivity contribution in [3.8, 4) is 11.5 Å². The maximum Gasteiger partial charge on any atom is 0.279 e. The minimum atomic E-state index is -0.799. The van der Waals surface area contributed by atoms with Gasteiger partial charge in [0.05, 0.1) is 26.5 Å². The fourth-order valence-electron chi connectivity index (χ4n) is 2.57. The highest BCUT2D eigenvalue weighted by Gasteiger charge is 2.14. The first-order valence-electron chi connectivity index (χ1n) is 8.28. The minimum absolute atomic E-state index is 0.0352. The van der Waals surface area contributed by atoms with Gasteiger partial charge in [0.25, 0.3) is 5.91 Å². The third-order valence-corrected chi connectivity index (χ3v) is 3.70. The lowest BCUT2D eigenvalue weighted by molar-refractivity contribution is -0.885. The van der Waals surface area contributed by atoms with Gasteiger partial charge in [-0.2, -0.15) is 0 Å². The average molecular weight is 365 g/mol. The van der Waals surface area contributed by atoms with E-state index >= 15 is 0 Å². The second-order valence-corrected chi connectivity index (χ2v) is 5.90. The number of ether oxygens (including phenoxy) is 2. The first-order chi connectivity index (χ1) is 12.4. The van der Waals surface area contributed by atoms with Crippen molar-refractivity contribution in [2.24, 2.45) is 0 Å². The summed E-state index contributed by atoms with van der Waals surface area (Å²) in [6.45, 7) is 3.14. The van der Waals surface area contributed by atoms with E-state index in [9.17, 15) is 13.6 Å². The maximum absolute atomic E-state index is 13.6. The number of likely N-dealkylation sites (N-methyl/N-ethyl adjacent to an activating group) is 1. The standard InChI is InChI=1S/C19H22F2N2O3/c1-4-26-17-8-5-13(9-18(17)25-3)11-23(2)12-19(24)22-16-7-6-14(20)10-15(16)21/h5-10H,4,11-12H2,1-3H3,(H,22,24)/p+1. The molecule has 0 saturated carbocycles. The van der Waals surface area contributed by atoms with E-state index in [1.165, 1.54) is 6.07 Å². The summed E-state index contributed by atoms with van der Waals surface area (Å²) in [5.74, 6) is -0.540. The number of rotatable bonds is 8. The van der Waals surface area contributed by atoms with Crippen LogP contribution in [0.25, 0.3) is 0 Å². The summed E-state index contributed by atoms with van der Waals surface area (Å²) in [6, 6.07) is 8.65. The molecule has 26 heavy (non-hydrogen) atoms. The number of amides is 1. The van der Waals surface area contributed by atoms with E-state index in [0.717, 1.165) is 22.6 Å². The normalized spacial score (nSPS) is 11.7. The first-order valence-corrected chi connectivity index (χ1v) is 8.28. The van der Waals surface area contributed by atoms with Crippen LogP contribution in [0.4, 0.5) is 14.5 Å². The minimum Gasteiger partial charge on any atom is -0.493 e. The third-order valence-electron chi connectivity index (χ3n) is 3.70. The fraction of sp³-hybridized carbons (Fsp3) is 0.316. The van der Waals surface area contributed by atoms with Crippen molar-refractivity contribution in [1.82, 2.24) is 0 Å². The monoisotopic (exact) mass is 365 g/mol. The van der Waals surface area contributed by atoms with Crippen LogP contribution in [-0.4, -0.2) is 33.2 Å². The van der Waals surface area contributed by atoms with Gasteiger partial charge in [-0.15, -0.1) is 0 Å². The maximum atomic E-state index is 13.6. The Bertz CT molecular complexity index is 768. The molecule has 0 aromatic heterocycles. The lowest BCUT2D eigenvalue weighted by Crippen LogP contribution is -3.08. The topological polar surface area (TPSA) is 52.0 Å². The number of anilines is 1. The van der Waals surface area contributed by atoms with Gasteiger partial charge in [-0.3, -0.25) is 4.79 Å². The molecule has 2 aromatic rings. The van der Waals surface area contributed by atoms with Gasteiger partial charge in [0.1, 0.15) is 18.2 Å². The molecule has 7 heteroatoms. The summed E-state index contributed by atoms with van der Waals surface area (Å²) in [5.41, 5.74) is 0.940. The SMILES string of the molecule is CCOc1ccc(C[NH+](C)CC(=O)Nc2ccc(F)cc2F)cc1OC. The summed E-state index contributed by atoms with van der Waals surface area (Å²) >= 11 is 0. The average Bonchev–Trinajstić information content (AvgIpc) is 2.58. The predicted octanol–water partition coefficient (Wildman–Crippen LogP) is 2.03. The van der Waals surface area contributed by atoms with Gasteiger partial charge in [0.2, 0.25) is 0 Å². The van der Waals surface area contributed by atoms with Crippen LogP contribution in [0.1, 0.15) is 12.5 Å². The molecule has 0 aliphatic carbocycles. The molecule has 2 rings (SSSR count). The molecule has 5 nitrogen and oxygen atoms in total. The van der Waals surface area contributed by atoms with Crippen LogP contribution in [0.15, 0.2) is 36.4 Å². The van der Waals surface area contributed by atoms with E-state index in [2.05, 4.69) is 5.32 Å². The fourth-order valence-corrected chi connectivity index (χ4v) is 2.57. The number of methoxy groups -OCH3 is 1. The summed E-state index contributed by atoms with van der Waals surface area (Å²) in [6.07, 6.45) is 0. The van der Waals surface area contributed by atoms with Gasteiger partial charge in [0.15, 0.2) is 18.0 Å². The Morgan fingerprint density at radius 3 is 2.58 bits per heavy atom. The van der Waals surface area contributed by atoms with E-state index in [1.807, 2.05) is 32.2 Å². The molecule has 2 aromatic carbocycles. The molecular formula is C19H23F2N2O3+. The van der Waals surface area contributed by atoms with Gasteiger partial charge in [-0.1, -0.05) is 0 Å². The number of nitrogens with one attached hydrogen (secondary N) is 2. The second-order valence-electron chi connectivity index (χ2n) is 5.90. The van der Waals surface area contributed by atoms with Crippen molar-refractivity contribution < 1.29 is 27.9 Å². The lowest BCUT2D eigenvalue weighted by Gasteiger charge is -2.16. The summed E-state index contributed by atoms with van der Waals surface area (Å²) < 4.78 is 37.3. The predicted molar refractivity (Wildman–Crippen MR) is 94.6 cm³/mol. The zero-order valence-electron chi connectivity index (χ0n) is 15.1. The Labute approximate surface area is 151 Å². The number of hydrogen-bond donors (Lipinski definition) is 2. The molecule has 0 bridgehead atoms.